The molecule has 2 saturated heterocycles. The van der Waals surface area contributed by atoms with Gasteiger partial charge in [-0.3, -0.25) is 4.79 Å². The Hall–Kier alpha value is -0.610. The molecule has 2 aliphatic heterocycles. The number of carbonyl (C=O) groups is 1. The predicted molar refractivity (Wildman–Crippen MR) is 76.0 cm³/mol. The normalized spacial score (nSPS) is 29.9. The van der Waals surface area contributed by atoms with E-state index in [0.29, 0.717) is 18.6 Å². The first-order valence-corrected chi connectivity index (χ1v) is 7.59. The minimum absolute atomic E-state index is 0.182. The number of nitrogens with zero attached hydrogens (tertiary/aromatic N) is 1. The second kappa shape index (κ2) is 6.23. The highest BCUT2D eigenvalue weighted by atomic mass is 16.5. The first-order valence-electron chi connectivity index (χ1n) is 7.59. The zero-order valence-corrected chi connectivity index (χ0v) is 12.6. The lowest BCUT2D eigenvalue weighted by Gasteiger charge is -2.31. The fourth-order valence-corrected chi connectivity index (χ4v) is 3.11. The van der Waals surface area contributed by atoms with Gasteiger partial charge in [-0.05, 0) is 30.6 Å². The number of rotatable bonds is 1. The third kappa shape index (κ3) is 3.93. The van der Waals surface area contributed by atoms with Crippen molar-refractivity contribution in [3.05, 3.63) is 0 Å². The minimum Gasteiger partial charge on any atom is -0.366 e. The molecule has 1 N–H and O–H groups in total. The molecule has 2 unspecified atom stereocenters. The van der Waals surface area contributed by atoms with Crippen LogP contribution in [0.5, 0.6) is 0 Å². The standard InChI is InChI=1S/C15H28N2O2/c1-15(2,3)12-5-4-8-17(9-6-12)14(18)13-11-16-7-10-19-13/h12-13,16H,4-11H2,1-3H3. The molecule has 0 aromatic heterocycles. The molecule has 0 radical (unpaired) electrons. The van der Waals surface area contributed by atoms with Gasteiger partial charge in [0.1, 0.15) is 6.10 Å². The van der Waals surface area contributed by atoms with E-state index in [4.69, 9.17) is 4.74 Å². The van der Waals surface area contributed by atoms with Gasteiger partial charge in [0.25, 0.3) is 5.91 Å². The third-order valence-electron chi connectivity index (χ3n) is 4.47. The smallest absolute Gasteiger partial charge is 0.253 e. The quantitative estimate of drug-likeness (QED) is 0.786. The number of ether oxygens (including phenoxy) is 1. The molecular formula is C15H28N2O2. The summed E-state index contributed by atoms with van der Waals surface area (Å²) in [6, 6.07) is 0. The minimum atomic E-state index is -0.264. The van der Waals surface area contributed by atoms with Crippen molar-refractivity contribution < 1.29 is 9.53 Å². The third-order valence-corrected chi connectivity index (χ3v) is 4.47. The molecule has 0 aliphatic carbocycles. The maximum absolute atomic E-state index is 12.4. The van der Waals surface area contributed by atoms with Crippen LogP contribution in [0, 0.1) is 11.3 Å². The van der Waals surface area contributed by atoms with Crippen molar-refractivity contribution in [2.24, 2.45) is 11.3 Å². The highest BCUT2D eigenvalue weighted by Crippen LogP contribution is 2.34. The van der Waals surface area contributed by atoms with Gasteiger partial charge in [-0.1, -0.05) is 20.8 Å². The van der Waals surface area contributed by atoms with E-state index in [1.54, 1.807) is 0 Å². The SMILES string of the molecule is CC(C)(C)C1CCCN(C(=O)C2CNCCO2)CC1. The van der Waals surface area contributed by atoms with Crippen LogP contribution in [0.15, 0.2) is 0 Å². The fourth-order valence-electron chi connectivity index (χ4n) is 3.11. The van der Waals surface area contributed by atoms with Crippen LogP contribution in [-0.2, 0) is 9.53 Å². The van der Waals surface area contributed by atoms with Crippen molar-refractivity contribution in [2.45, 2.75) is 46.1 Å². The monoisotopic (exact) mass is 268 g/mol. The van der Waals surface area contributed by atoms with E-state index in [1.165, 1.54) is 6.42 Å². The summed E-state index contributed by atoms with van der Waals surface area (Å²) in [5.74, 6) is 0.900. The Morgan fingerprint density at radius 1 is 1.26 bits per heavy atom. The molecule has 0 aromatic carbocycles. The fraction of sp³-hybridized carbons (Fsp3) is 0.933. The van der Waals surface area contributed by atoms with Gasteiger partial charge >= 0.3 is 0 Å². The summed E-state index contributed by atoms with van der Waals surface area (Å²) >= 11 is 0. The van der Waals surface area contributed by atoms with E-state index in [2.05, 4.69) is 26.1 Å². The van der Waals surface area contributed by atoms with Crippen LogP contribution < -0.4 is 5.32 Å². The number of hydrogen-bond acceptors (Lipinski definition) is 3. The van der Waals surface area contributed by atoms with E-state index in [-0.39, 0.29) is 12.0 Å². The Morgan fingerprint density at radius 2 is 2.05 bits per heavy atom. The van der Waals surface area contributed by atoms with Crippen LogP contribution in [0.2, 0.25) is 0 Å². The Labute approximate surface area is 116 Å². The lowest BCUT2D eigenvalue weighted by atomic mass is 9.77. The van der Waals surface area contributed by atoms with Crippen LogP contribution in [0.1, 0.15) is 40.0 Å². The van der Waals surface area contributed by atoms with E-state index >= 15 is 0 Å². The molecular weight excluding hydrogens is 240 g/mol. The average Bonchev–Trinajstić information content (AvgIpc) is 2.64. The van der Waals surface area contributed by atoms with Crippen molar-refractivity contribution in [2.75, 3.05) is 32.8 Å². The maximum atomic E-state index is 12.4. The average molecular weight is 268 g/mol. The van der Waals surface area contributed by atoms with Crippen molar-refractivity contribution >= 4 is 5.91 Å². The zero-order valence-electron chi connectivity index (χ0n) is 12.6. The number of amides is 1. The molecule has 0 bridgehead atoms. The number of likely N-dealkylation sites (tertiary alicyclic amines) is 1. The first-order chi connectivity index (χ1) is 8.98. The first kappa shape index (κ1) is 14.8. The Kier molecular flexibility index (Phi) is 4.85. The molecule has 1 amide bonds. The van der Waals surface area contributed by atoms with Gasteiger partial charge in [-0.15, -0.1) is 0 Å². The molecule has 2 heterocycles. The molecule has 19 heavy (non-hydrogen) atoms. The summed E-state index contributed by atoms with van der Waals surface area (Å²) in [6.45, 7) is 10.9. The van der Waals surface area contributed by atoms with Gasteiger partial charge in [0.05, 0.1) is 6.61 Å². The van der Waals surface area contributed by atoms with Crippen LogP contribution in [0.3, 0.4) is 0 Å². The molecule has 110 valence electrons. The molecule has 2 atom stereocenters. The molecule has 2 fully saturated rings. The molecule has 0 saturated carbocycles. The molecule has 0 spiro atoms. The van der Waals surface area contributed by atoms with Crippen molar-refractivity contribution in [1.82, 2.24) is 10.2 Å². The van der Waals surface area contributed by atoms with Crippen LogP contribution in [0.25, 0.3) is 0 Å². The highest BCUT2D eigenvalue weighted by molar-refractivity contribution is 5.81. The summed E-state index contributed by atoms with van der Waals surface area (Å²) in [6.07, 6.45) is 3.21. The molecule has 4 nitrogen and oxygen atoms in total. The van der Waals surface area contributed by atoms with Crippen LogP contribution in [-0.4, -0.2) is 49.7 Å². The summed E-state index contributed by atoms with van der Waals surface area (Å²) in [7, 11) is 0. The number of morpholine rings is 1. The van der Waals surface area contributed by atoms with Crippen LogP contribution >= 0.6 is 0 Å². The summed E-state index contributed by atoms with van der Waals surface area (Å²) in [5.41, 5.74) is 0.349. The summed E-state index contributed by atoms with van der Waals surface area (Å²) in [4.78, 5) is 14.4. The number of carbonyl (C=O) groups excluding carboxylic acids is 1. The van der Waals surface area contributed by atoms with E-state index in [0.717, 1.165) is 38.4 Å². The predicted octanol–water partition coefficient (Wildman–Crippen LogP) is 1.65. The molecule has 2 rings (SSSR count). The Balaban J connectivity index is 1.89. The van der Waals surface area contributed by atoms with Gasteiger partial charge in [-0.25, -0.2) is 0 Å². The lowest BCUT2D eigenvalue weighted by Crippen LogP contribution is -2.49. The van der Waals surface area contributed by atoms with Gasteiger partial charge in [0.15, 0.2) is 0 Å². The second-order valence-corrected chi connectivity index (χ2v) is 6.88. The lowest BCUT2D eigenvalue weighted by molar-refractivity contribution is -0.145. The Bertz CT molecular complexity index is 306. The zero-order chi connectivity index (χ0) is 13.9. The van der Waals surface area contributed by atoms with Crippen molar-refractivity contribution in [3.63, 3.8) is 0 Å². The largest absolute Gasteiger partial charge is 0.366 e. The van der Waals surface area contributed by atoms with Crippen molar-refractivity contribution in [1.29, 1.82) is 0 Å². The summed E-state index contributed by atoms with van der Waals surface area (Å²) in [5, 5.41) is 3.23. The Morgan fingerprint density at radius 3 is 2.68 bits per heavy atom. The highest BCUT2D eigenvalue weighted by Gasteiger charge is 2.31. The van der Waals surface area contributed by atoms with Gasteiger partial charge in [0.2, 0.25) is 0 Å². The second-order valence-electron chi connectivity index (χ2n) is 6.88. The van der Waals surface area contributed by atoms with Gasteiger partial charge in [-0.2, -0.15) is 0 Å². The summed E-state index contributed by atoms with van der Waals surface area (Å²) < 4.78 is 5.57. The van der Waals surface area contributed by atoms with E-state index in [1.807, 2.05) is 4.90 Å². The number of hydrogen-bond donors (Lipinski definition) is 1. The maximum Gasteiger partial charge on any atom is 0.253 e. The van der Waals surface area contributed by atoms with E-state index in [9.17, 15) is 4.79 Å². The van der Waals surface area contributed by atoms with Gasteiger partial charge < -0.3 is 15.0 Å². The molecule has 0 aromatic rings. The molecule has 4 heteroatoms. The van der Waals surface area contributed by atoms with E-state index < -0.39 is 0 Å². The number of nitrogens with one attached hydrogen (secondary N) is 1. The van der Waals surface area contributed by atoms with Crippen molar-refractivity contribution in [3.8, 4) is 0 Å². The topological polar surface area (TPSA) is 41.6 Å². The van der Waals surface area contributed by atoms with Gasteiger partial charge in [0, 0.05) is 26.2 Å². The molecule has 2 aliphatic rings. The van der Waals surface area contributed by atoms with Crippen LogP contribution in [0.4, 0.5) is 0 Å².